The summed E-state index contributed by atoms with van der Waals surface area (Å²) < 4.78 is 5.10. The SMILES string of the molecule is COc1ccc(SC2=NCCCN2)cc1. The van der Waals surface area contributed by atoms with Crippen LogP contribution in [0.1, 0.15) is 6.42 Å². The smallest absolute Gasteiger partial charge is 0.161 e. The molecule has 0 unspecified atom stereocenters. The highest BCUT2D eigenvalue weighted by molar-refractivity contribution is 8.13. The normalized spacial score (nSPS) is 15.4. The van der Waals surface area contributed by atoms with E-state index in [4.69, 9.17) is 4.74 Å². The Balaban J connectivity index is 2.00. The zero-order chi connectivity index (χ0) is 10.5. The highest BCUT2D eigenvalue weighted by Gasteiger charge is 2.05. The van der Waals surface area contributed by atoms with Crippen LogP contribution in [0.15, 0.2) is 34.2 Å². The van der Waals surface area contributed by atoms with E-state index < -0.39 is 0 Å². The summed E-state index contributed by atoms with van der Waals surface area (Å²) in [6.07, 6.45) is 1.13. The number of ether oxygens (including phenoxy) is 1. The molecule has 1 aliphatic rings. The third-order valence-electron chi connectivity index (χ3n) is 2.14. The van der Waals surface area contributed by atoms with Crippen LogP contribution in [0.5, 0.6) is 5.75 Å². The average Bonchev–Trinajstić information content (AvgIpc) is 2.31. The van der Waals surface area contributed by atoms with Crippen molar-refractivity contribution in [1.29, 1.82) is 0 Å². The van der Waals surface area contributed by atoms with E-state index in [1.807, 2.05) is 24.3 Å². The molecule has 0 bridgehead atoms. The number of benzene rings is 1. The second-order valence-electron chi connectivity index (χ2n) is 3.24. The van der Waals surface area contributed by atoms with E-state index in [0.29, 0.717) is 0 Å². The maximum absolute atomic E-state index is 5.10. The van der Waals surface area contributed by atoms with E-state index in [-0.39, 0.29) is 0 Å². The number of hydrogen-bond donors (Lipinski definition) is 1. The lowest BCUT2D eigenvalue weighted by Gasteiger charge is -2.13. The summed E-state index contributed by atoms with van der Waals surface area (Å²) in [5.41, 5.74) is 0. The summed E-state index contributed by atoms with van der Waals surface area (Å²) in [4.78, 5) is 5.59. The van der Waals surface area contributed by atoms with Crippen LogP contribution >= 0.6 is 11.8 Å². The first kappa shape index (κ1) is 10.4. The molecule has 1 aromatic carbocycles. The van der Waals surface area contributed by atoms with Gasteiger partial charge in [-0.05, 0) is 30.7 Å². The van der Waals surface area contributed by atoms with Crippen molar-refractivity contribution in [1.82, 2.24) is 5.32 Å². The maximum atomic E-state index is 5.10. The Morgan fingerprint density at radius 1 is 1.33 bits per heavy atom. The summed E-state index contributed by atoms with van der Waals surface area (Å²) in [6, 6.07) is 8.02. The number of nitrogens with zero attached hydrogens (tertiary/aromatic N) is 1. The molecule has 2 rings (SSSR count). The second kappa shape index (κ2) is 5.07. The van der Waals surface area contributed by atoms with Crippen molar-refractivity contribution in [3.63, 3.8) is 0 Å². The summed E-state index contributed by atoms with van der Waals surface area (Å²) >= 11 is 1.67. The van der Waals surface area contributed by atoms with Gasteiger partial charge in [0.2, 0.25) is 0 Å². The zero-order valence-corrected chi connectivity index (χ0v) is 9.51. The van der Waals surface area contributed by atoms with Gasteiger partial charge in [-0.2, -0.15) is 0 Å². The van der Waals surface area contributed by atoms with Gasteiger partial charge in [0.15, 0.2) is 5.17 Å². The summed E-state index contributed by atoms with van der Waals surface area (Å²) in [6.45, 7) is 1.97. The lowest BCUT2D eigenvalue weighted by molar-refractivity contribution is 0.414. The van der Waals surface area contributed by atoms with Gasteiger partial charge in [-0.1, -0.05) is 11.8 Å². The minimum atomic E-state index is 0.887. The topological polar surface area (TPSA) is 33.6 Å². The Hall–Kier alpha value is -1.16. The van der Waals surface area contributed by atoms with Gasteiger partial charge >= 0.3 is 0 Å². The zero-order valence-electron chi connectivity index (χ0n) is 8.69. The standard InChI is InChI=1S/C11H14N2OS/c1-14-9-3-5-10(6-4-9)15-11-12-7-2-8-13-11/h3-6H,2,7-8H2,1H3,(H,12,13). The number of thioether (sulfide) groups is 1. The monoisotopic (exact) mass is 222 g/mol. The molecule has 0 saturated heterocycles. The number of rotatable bonds is 2. The molecule has 0 aromatic heterocycles. The van der Waals surface area contributed by atoms with Crippen molar-refractivity contribution >= 4 is 16.9 Å². The summed E-state index contributed by atoms with van der Waals surface area (Å²) in [5, 5.41) is 4.30. The van der Waals surface area contributed by atoms with Gasteiger partial charge in [-0.25, -0.2) is 0 Å². The van der Waals surface area contributed by atoms with E-state index in [9.17, 15) is 0 Å². The molecular formula is C11H14N2OS. The molecule has 15 heavy (non-hydrogen) atoms. The lowest BCUT2D eigenvalue weighted by atomic mass is 10.3. The predicted molar refractivity (Wildman–Crippen MR) is 63.8 cm³/mol. The minimum absolute atomic E-state index is 0.887. The average molecular weight is 222 g/mol. The Morgan fingerprint density at radius 2 is 2.13 bits per heavy atom. The van der Waals surface area contributed by atoms with Crippen LogP contribution in [0.2, 0.25) is 0 Å². The van der Waals surface area contributed by atoms with Crippen molar-refractivity contribution in [3.05, 3.63) is 24.3 Å². The first-order valence-electron chi connectivity index (χ1n) is 4.99. The van der Waals surface area contributed by atoms with Crippen LogP contribution in [0.25, 0.3) is 0 Å². The van der Waals surface area contributed by atoms with Gasteiger partial charge in [0, 0.05) is 18.0 Å². The van der Waals surface area contributed by atoms with Gasteiger partial charge in [0.05, 0.1) is 7.11 Å². The van der Waals surface area contributed by atoms with E-state index in [1.165, 1.54) is 4.90 Å². The quantitative estimate of drug-likeness (QED) is 0.832. The molecule has 0 amide bonds. The lowest BCUT2D eigenvalue weighted by Crippen LogP contribution is -2.26. The maximum Gasteiger partial charge on any atom is 0.161 e. The molecule has 0 atom stereocenters. The highest BCUT2D eigenvalue weighted by atomic mass is 32.2. The van der Waals surface area contributed by atoms with Gasteiger partial charge in [-0.3, -0.25) is 4.99 Å². The third kappa shape index (κ3) is 2.89. The molecule has 1 heterocycles. The molecular weight excluding hydrogens is 208 g/mol. The number of nitrogens with one attached hydrogen (secondary N) is 1. The van der Waals surface area contributed by atoms with Crippen molar-refractivity contribution < 1.29 is 4.74 Å². The van der Waals surface area contributed by atoms with Crippen molar-refractivity contribution in [3.8, 4) is 5.75 Å². The van der Waals surface area contributed by atoms with Crippen molar-refractivity contribution in [2.75, 3.05) is 20.2 Å². The van der Waals surface area contributed by atoms with Gasteiger partial charge in [0.25, 0.3) is 0 Å². The van der Waals surface area contributed by atoms with Crippen LogP contribution in [0.4, 0.5) is 0 Å². The fraction of sp³-hybridized carbons (Fsp3) is 0.364. The molecule has 1 aliphatic heterocycles. The molecule has 0 aliphatic carbocycles. The highest BCUT2D eigenvalue weighted by Crippen LogP contribution is 2.22. The third-order valence-corrected chi connectivity index (χ3v) is 3.12. The summed E-state index contributed by atoms with van der Waals surface area (Å²) in [7, 11) is 1.68. The van der Waals surface area contributed by atoms with Gasteiger partial charge < -0.3 is 10.1 Å². The minimum Gasteiger partial charge on any atom is -0.497 e. The van der Waals surface area contributed by atoms with Crippen LogP contribution in [-0.4, -0.2) is 25.4 Å². The molecule has 0 saturated carbocycles. The summed E-state index contributed by atoms with van der Waals surface area (Å²) in [5.74, 6) is 0.887. The molecule has 0 radical (unpaired) electrons. The molecule has 3 nitrogen and oxygen atoms in total. The Kier molecular flexibility index (Phi) is 3.50. The molecule has 80 valence electrons. The number of methoxy groups -OCH3 is 1. The van der Waals surface area contributed by atoms with E-state index in [0.717, 1.165) is 30.4 Å². The van der Waals surface area contributed by atoms with E-state index >= 15 is 0 Å². The number of amidine groups is 1. The number of aliphatic imine (C=N–C) groups is 1. The Morgan fingerprint density at radius 3 is 2.73 bits per heavy atom. The fourth-order valence-corrected chi connectivity index (χ4v) is 2.16. The Bertz CT molecular complexity index is 348. The van der Waals surface area contributed by atoms with Crippen molar-refractivity contribution in [2.24, 2.45) is 4.99 Å². The van der Waals surface area contributed by atoms with Crippen LogP contribution < -0.4 is 10.1 Å². The molecule has 0 fully saturated rings. The molecule has 1 aromatic rings. The van der Waals surface area contributed by atoms with Crippen molar-refractivity contribution in [2.45, 2.75) is 11.3 Å². The van der Waals surface area contributed by atoms with Gasteiger partial charge in [-0.15, -0.1) is 0 Å². The molecule has 0 spiro atoms. The first-order chi connectivity index (χ1) is 7.38. The van der Waals surface area contributed by atoms with Gasteiger partial charge in [0.1, 0.15) is 5.75 Å². The van der Waals surface area contributed by atoms with E-state index in [2.05, 4.69) is 10.3 Å². The molecule has 1 N–H and O–H groups in total. The van der Waals surface area contributed by atoms with E-state index in [1.54, 1.807) is 18.9 Å². The predicted octanol–water partition coefficient (Wildman–Crippen LogP) is 2.14. The second-order valence-corrected chi connectivity index (χ2v) is 4.31. The largest absolute Gasteiger partial charge is 0.497 e. The van der Waals surface area contributed by atoms with Crippen LogP contribution in [0.3, 0.4) is 0 Å². The number of hydrogen-bond acceptors (Lipinski definition) is 4. The Labute approximate surface area is 93.9 Å². The van der Waals surface area contributed by atoms with Crippen LogP contribution in [-0.2, 0) is 0 Å². The fourth-order valence-electron chi connectivity index (χ4n) is 1.33. The van der Waals surface area contributed by atoms with Crippen LogP contribution in [0, 0.1) is 0 Å². The molecule has 4 heteroatoms. The first-order valence-corrected chi connectivity index (χ1v) is 5.80.